The first-order chi connectivity index (χ1) is 12.7. The van der Waals surface area contributed by atoms with Gasteiger partial charge in [0, 0.05) is 12.4 Å². The third kappa shape index (κ3) is 5.08. The number of aromatic nitrogens is 1. The molecule has 3 rings (SSSR count). The van der Waals surface area contributed by atoms with Gasteiger partial charge >= 0.3 is 0 Å². The summed E-state index contributed by atoms with van der Waals surface area (Å²) in [6, 6.07) is 20.3. The Labute approximate surface area is 152 Å². The van der Waals surface area contributed by atoms with Gasteiger partial charge in [0.05, 0.1) is 6.04 Å². The van der Waals surface area contributed by atoms with Crippen molar-refractivity contribution in [2.75, 3.05) is 6.61 Å². The van der Waals surface area contributed by atoms with Crippen molar-refractivity contribution in [3.05, 3.63) is 84.7 Å². The Hall–Kier alpha value is -3.34. The number of carbonyl (C=O) groups excluding carboxylic acids is 1. The first-order valence-corrected chi connectivity index (χ1v) is 8.36. The Balaban J connectivity index is 1.48. The van der Waals surface area contributed by atoms with Gasteiger partial charge in [0.25, 0.3) is 5.91 Å². The normalized spacial score (nSPS) is 11.4. The van der Waals surface area contributed by atoms with E-state index in [-0.39, 0.29) is 18.6 Å². The number of pyridine rings is 1. The third-order valence-corrected chi connectivity index (χ3v) is 3.76. The Morgan fingerprint density at radius 1 is 0.923 bits per heavy atom. The predicted molar refractivity (Wildman–Crippen MR) is 99.2 cm³/mol. The summed E-state index contributed by atoms with van der Waals surface area (Å²) in [6.45, 7) is 1.87. The van der Waals surface area contributed by atoms with E-state index in [1.165, 1.54) is 0 Å². The minimum absolute atomic E-state index is 0.0473. The number of benzene rings is 2. The number of carbonyl (C=O) groups is 1. The largest absolute Gasteiger partial charge is 0.484 e. The summed E-state index contributed by atoms with van der Waals surface area (Å²) in [5, 5.41) is 2.89. The van der Waals surface area contributed by atoms with Gasteiger partial charge in [-0.1, -0.05) is 18.2 Å². The van der Waals surface area contributed by atoms with Crippen LogP contribution < -0.4 is 14.8 Å². The molecule has 1 amide bonds. The van der Waals surface area contributed by atoms with Gasteiger partial charge in [-0.05, 0) is 61.0 Å². The molecule has 26 heavy (non-hydrogen) atoms. The Kier molecular flexibility index (Phi) is 5.83. The van der Waals surface area contributed by atoms with Crippen molar-refractivity contribution in [2.24, 2.45) is 0 Å². The minimum Gasteiger partial charge on any atom is -0.484 e. The summed E-state index contributed by atoms with van der Waals surface area (Å²) < 4.78 is 11.3. The van der Waals surface area contributed by atoms with E-state index < -0.39 is 0 Å². The van der Waals surface area contributed by atoms with Crippen LogP contribution in [0.2, 0.25) is 0 Å². The van der Waals surface area contributed by atoms with Crippen molar-refractivity contribution in [3.8, 4) is 17.2 Å². The number of hydrogen-bond acceptors (Lipinski definition) is 4. The molecule has 1 atom stereocenters. The molecule has 0 spiro atoms. The van der Waals surface area contributed by atoms with Gasteiger partial charge in [-0.2, -0.15) is 0 Å². The van der Waals surface area contributed by atoms with Gasteiger partial charge in [0.2, 0.25) is 0 Å². The maximum Gasteiger partial charge on any atom is 0.258 e. The smallest absolute Gasteiger partial charge is 0.258 e. The van der Waals surface area contributed by atoms with Crippen LogP contribution >= 0.6 is 0 Å². The lowest BCUT2D eigenvalue weighted by Crippen LogP contribution is -2.31. The summed E-state index contributed by atoms with van der Waals surface area (Å²) in [5.41, 5.74) is 0.996. The number of ether oxygens (including phenoxy) is 2. The molecule has 0 bridgehead atoms. The molecule has 132 valence electrons. The van der Waals surface area contributed by atoms with Crippen LogP contribution in [0.5, 0.6) is 17.2 Å². The third-order valence-electron chi connectivity index (χ3n) is 3.76. The fraction of sp³-hybridized carbons (Fsp3) is 0.143. The van der Waals surface area contributed by atoms with Crippen molar-refractivity contribution in [1.82, 2.24) is 10.3 Å². The van der Waals surface area contributed by atoms with Crippen molar-refractivity contribution < 1.29 is 14.3 Å². The molecule has 0 fully saturated rings. The fourth-order valence-corrected chi connectivity index (χ4v) is 2.40. The van der Waals surface area contributed by atoms with Crippen LogP contribution in [0.4, 0.5) is 0 Å². The maximum atomic E-state index is 12.0. The van der Waals surface area contributed by atoms with Gasteiger partial charge < -0.3 is 14.8 Å². The number of amides is 1. The molecule has 0 radical (unpaired) electrons. The molecule has 0 aliphatic heterocycles. The van der Waals surface area contributed by atoms with E-state index >= 15 is 0 Å². The summed E-state index contributed by atoms with van der Waals surface area (Å²) >= 11 is 0. The highest BCUT2D eigenvalue weighted by Gasteiger charge is 2.10. The first-order valence-electron chi connectivity index (χ1n) is 8.36. The van der Waals surface area contributed by atoms with Crippen LogP contribution in [0, 0.1) is 0 Å². The van der Waals surface area contributed by atoms with Crippen molar-refractivity contribution in [2.45, 2.75) is 13.0 Å². The zero-order chi connectivity index (χ0) is 18.2. The van der Waals surface area contributed by atoms with E-state index in [0.717, 1.165) is 11.3 Å². The lowest BCUT2D eigenvalue weighted by atomic mass is 10.1. The zero-order valence-electron chi connectivity index (χ0n) is 14.5. The van der Waals surface area contributed by atoms with Crippen molar-refractivity contribution in [3.63, 3.8) is 0 Å². The van der Waals surface area contributed by atoms with Gasteiger partial charge in [-0.15, -0.1) is 0 Å². The van der Waals surface area contributed by atoms with E-state index in [0.29, 0.717) is 11.5 Å². The Morgan fingerprint density at radius 3 is 2.23 bits per heavy atom. The number of nitrogens with zero attached hydrogens (tertiary/aromatic N) is 1. The highest BCUT2D eigenvalue weighted by atomic mass is 16.5. The second-order valence-corrected chi connectivity index (χ2v) is 5.74. The van der Waals surface area contributed by atoms with E-state index in [4.69, 9.17) is 9.47 Å². The summed E-state index contributed by atoms with van der Waals surface area (Å²) in [5.74, 6) is 1.90. The first kappa shape index (κ1) is 17.5. The molecule has 3 aromatic rings. The lowest BCUT2D eigenvalue weighted by molar-refractivity contribution is -0.123. The van der Waals surface area contributed by atoms with Crippen LogP contribution in [0.25, 0.3) is 0 Å². The number of para-hydroxylation sites is 1. The highest BCUT2D eigenvalue weighted by Crippen LogP contribution is 2.23. The van der Waals surface area contributed by atoms with Crippen molar-refractivity contribution >= 4 is 5.91 Å². The van der Waals surface area contributed by atoms with E-state index in [1.54, 1.807) is 36.7 Å². The molecule has 2 aromatic carbocycles. The Morgan fingerprint density at radius 2 is 1.54 bits per heavy atom. The topological polar surface area (TPSA) is 60.5 Å². The SMILES string of the molecule is C[C@H](NC(=O)COc1ccc(Oc2ccccc2)cc1)c1ccncc1. The Bertz CT molecular complexity index is 821. The average molecular weight is 348 g/mol. The van der Waals surface area contributed by atoms with Crippen LogP contribution in [-0.4, -0.2) is 17.5 Å². The summed E-state index contributed by atoms with van der Waals surface area (Å²) in [6.07, 6.45) is 3.40. The molecule has 5 heteroatoms. The summed E-state index contributed by atoms with van der Waals surface area (Å²) in [7, 11) is 0. The lowest BCUT2D eigenvalue weighted by Gasteiger charge is -2.14. The molecule has 0 aliphatic carbocycles. The monoisotopic (exact) mass is 348 g/mol. The van der Waals surface area contributed by atoms with E-state index in [1.807, 2.05) is 49.4 Å². The summed E-state index contributed by atoms with van der Waals surface area (Å²) in [4.78, 5) is 16.0. The molecule has 1 N–H and O–H groups in total. The maximum absolute atomic E-state index is 12.0. The molecule has 0 saturated carbocycles. The number of hydrogen-bond donors (Lipinski definition) is 1. The predicted octanol–water partition coefficient (Wildman–Crippen LogP) is 4.13. The molecular weight excluding hydrogens is 328 g/mol. The van der Waals surface area contributed by atoms with E-state index in [9.17, 15) is 4.79 Å². The van der Waals surface area contributed by atoms with Crippen LogP contribution in [-0.2, 0) is 4.79 Å². The molecule has 0 aliphatic rings. The second-order valence-electron chi connectivity index (χ2n) is 5.74. The average Bonchev–Trinajstić information content (AvgIpc) is 2.69. The minimum atomic E-state index is -0.182. The number of rotatable bonds is 7. The van der Waals surface area contributed by atoms with Gasteiger partial charge in [0.15, 0.2) is 6.61 Å². The molecule has 0 unspecified atom stereocenters. The van der Waals surface area contributed by atoms with Gasteiger partial charge in [-0.25, -0.2) is 0 Å². The highest BCUT2D eigenvalue weighted by molar-refractivity contribution is 5.78. The second kappa shape index (κ2) is 8.67. The van der Waals surface area contributed by atoms with Crippen molar-refractivity contribution in [1.29, 1.82) is 0 Å². The molecule has 1 heterocycles. The quantitative estimate of drug-likeness (QED) is 0.697. The molecule has 0 saturated heterocycles. The molecule has 5 nitrogen and oxygen atoms in total. The van der Waals surface area contributed by atoms with Crippen LogP contribution in [0.15, 0.2) is 79.1 Å². The van der Waals surface area contributed by atoms with E-state index in [2.05, 4.69) is 10.3 Å². The molecule has 1 aromatic heterocycles. The number of nitrogens with one attached hydrogen (secondary N) is 1. The zero-order valence-corrected chi connectivity index (χ0v) is 14.5. The standard InChI is InChI=1S/C21H20N2O3/c1-16(17-11-13-22-14-12-17)23-21(24)15-25-18-7-9-20(10-8-18)26-19-5-3-2-4-6-19/h2-14,16H,15H2,1H3,(H,23,24)/t16-/m0/s1. The fourth-order valence-electron chi connectivity index (χ4n) is 2.40. The molecular formula is C21H20N2O3. The van der Waals surface area contributed by atoms with Crippen LogP contribution in [0.1, 0.15) is 18.5 Å². The van der Waals surface area contributed by atoms with Gasteiger partial charge in [-0.3, -0.25) is 9.78 Å². The van der Waals surface area contributed by atoms with Crippen LogP contribution in [0.3, 0.4) is 0 Å². The van der Waals surface area contributed by atoms with Gasteiger partial charge in [0.1, 0.15) is 17.2 Å².